The zero-order valence-corrected chi connectivity index (χ0v) is 14.3. The molecule has 118 valence electrons. The number of ether oxygens (including phenoxy) is 1. The van der Waals surface area contributed by atoms with Crippen LogP contribution in [-0.4, -0.2) is 17.5 Å². The first-order valence-corrected chi connectivity index (χ1v) is 7.56. The van der Waals surface area contributed by atoms with Gasteiger partial charge in [0.1, 0.15) is 22.7 Å². The van der Waals surface area contributed by atoms with Crippen LogP contribution in [0.3, 0.4) is 0 Å². The summed E-state index contributed by atoms with van der Waals surface area (Å²) in [5, 5.41) is 10.8. The maximum absolute atomic E-state index is 12.2. The number of rotatable bonds is 4. The van der Waals surface area contributed by atoms with Crippen LogP contribution in [-0.2, 0) is 0 Å². The molecule has 1 aromatic carbocycles. The molecule has 0 fully saturated rings. The number of halogens is 4. The minimum Gasteiger partial charge on any atom is -0.479 e. The summed E-state index contributed by atoms with van der Waals surface area (Å²) in [7, 11) is 0. The Kier molecular flexibility index (Phi) is 5.91. The van der Waals surface area contributed by atoms with E-state index in [1.165, 1.54) is 0 Å². The summed E-state index contributed by atoms with van der Waals surface area (Å²) in [6.07, 6.45) is 0. The molecule has 9 heteroatoms. The molecule has 0 saturated carbocycles. The monoisotopic (exact) mass is 389 g/mol. The number of nitriles is 1. The highest BCUT2D eigenvalue weighted by molar-refractivity contribution is 6.52. The third-order valence-corrected chi connectivity index (χ3v) is 4.29. The number of benzene rings is 1. The van der Waals surface area contributed by atoms with Gasteiger partial charge in [0.05, 0.1) is 15.1 Å². The number of carbonyl (C=O) groups excluding carboxylic acids is 1. The molecular weight excluding hydrogens is 384 g/mol. The average Bonchev–Trinajstić information content (AvgIpc) is 2.55. The summed E-state index contributed by atoms with van der Waals surface area (Å²) < 4.78 is 5.11. The maximum Gasteiger partial charge on any atom is 0.275 e. The fourth-order valence-corrected chi connectivity index (χ4v) is 2.39. The van der Waals surface area contributed by atoms with Crippen molar-refractivity contribution < 1.29 is 9.53 Å². The number of nitrogens with one attached hydrogen (secondary N) is 1. The van der Waals surface area contributed by atoms with Crippen LogP contribution in [0.2, 0.25) is 20.2 Å². The second-order valence-corrected chi connectivity index (χ2v) is 5.61. The molecule has 1 N–H and O–H groups in total. The van der Waals surface area contributed by atoms with E-state index >= 15 is 0 Å². The predicted octanol–water partition coefficient (Wildman–Crippen LogP) is 4.85. The smallest absolute Gasteiger partial charge is 0.275 e. The lowest BCUT2D eigenvalue weighted by Gasteiger charge is -2.09. The average molecular weight is 391 g/mol. The summed E-state index contributed by atoms with van der Waals surface area (Å²) in [6, 6.07) is 8.25. The number of aromatic nitrogens is 1. The van der Waals surface area contributed by atoms with Crippen LogP contribution < -0.4 is 10.1 Å². The van der Waals surface area contributed by atoms with Gasteiger partial charge in [0.2, 0.25) is 0 Å². The van der Waals surface area contributed by atoms with E-state index in [2.05, 4.69) is 10.3 Å². The zero-order chi connectivity index (χ0) is 17.0. The van der Waals surface area contributed by atoms with Crippen molar-refractivity contribution in [3.63, 3.8) is 0 Å². The summed E-state index contributed by atoms with van der Waals surface area (Å²) in [5.74, 6) is -0.0977. The first-order chi connectivity index (χ1) is 10.9. The van der Waals surface area contributed by atoms with Crippen molar-refractivity contribution in [2.24, 2.45) is 0 Å². The Balaban J connectivity index is 2.18. The lowest BCUT2D eigenvalue weighted by Crippen LogP contribution is -2.14. The van der Waals surface area contributed by atoms with Crippen LogP contribution in [0.1, 0.15) is 10.5 Å². The highest BCUT2D eigenvalue weighted by Crippen LogP contribution is 2.36. The number of hydrogen-bond donors (Lipinski definition) is 1. The van der Waals surface area contributed by atoms with E-state index in [0.29, 0.717) is 11.4 Å². The minimum absolute atomic E-state index is 0.0196. The SMILES string of the molecule is N#CCOc1ccc(NC(=O)c2nc(Cl)c(Cl)c(Cl)c2Cl)cc1. The number of hydrogen-bond acceptors (Lipinski definition) is 4. The van der Waals surface area contributed by atoms with E-state index in [1.807, 2.05) is 6.07 Å². The third-order valence-electron chi connectivity index (χ3n) is 2.62. The lowest BCUT2D eigenvalue weighted by molar-refractivity contribution is 0.102. The van der Waals surface area contributed by atoms with Crippen molar-refractivity contribution in [3.8, 4) is 11.8 Å². The second kappa shape index (κ2) is 7.71. The standard InChI is InChI=1S/C14H7Cl4N3O2/c15-9-10(16)12(21-13(18)11(9)17)14(22)20-7-1-3-8(4-2-7)23-6-5-19/h1-4H,6H2,(H,20,22). The fraction of sp³-hybridized carbons (Fsp3) is 0.0714. The molecule has 23 heavy (non-hydrogen) atoms. The largest absolute Gasteiger partial charge is 0.479 e. The molecule has 0 unspecified atom stereocenters. The van der Waals surface area contributed by atoms with Gasteiger partial charge >= 0.3 is 0 Å². The van der Waals surface area contributed by atoms with Crippen molar-refractivity contribution in [1.82, 2.24) is 4.98 Å². The molecule has 1 aromatic heterocycles. The Morgan fingerprint density at radius 2 is 1.78 bits per heavy atom. The van der Waals surface area contributed by atoms with Crippen LogP contribution in [0.4, 0.5) is 5.69 Å². The highest BCUT2D eigenvalue weighted by atomic mass is 35.5. The molecule has 0 aliphatic rings. The van der Waals surface area contributed by atoms with E-state index < -0.39 is 5.91 Å². The summed E-state index contributed by atoms with van der Waals surface area (Å²) >= 11 is 23.5. The van der Waals surface area contributed by atoms with Gasteiger partial charge in [-0.2, -0.15) is 5.26 Å². The molecule has 0 aliphatic carbocycles. The molecule has 0 saturated heterocycles. The Bertz CT molecular complexity index is 788. The van der Waals surface area contributed by atoms with Crippen molar-refractivity contribution in [2.45, 2.75) is 0 Å². The van der Waals surface area contributed by atoms with Crippen LogP contribution >= 0.6 is 46.4 Å². The van der Waals surface area contributed by atoms with Crippen molar-refractivity contribution in [3.05, 3.63) is 50.2 Å². The van der Waals surface area contributed by atoms with Gasteiger partial charge in [-0.05, 0) is 24.3 Å². The third kappa shape index (κ3) is 4.18. The van der Waals surface area contributed by atoms with E-state index in [1.54, 1.807) is 24.3 Å². The normalized spacial score (nSPS) is 10.0. The number of amides is 1. The molecule has 0 atom stereocenters. The topological polar surface area (TPSA) is 75.0 Å². The van der Waals surface area contributed by atoms with E-state index in [4.69, 9.17) is 56.4 Å². The minimum atomic E-state index is -0.596. The van der Waals surface area contributed by atoms with Gasteiger partial charge in [-0.25, -0.2) is 4.98 Å². The first kappa shape index (κ1) is 17.6. The first-order valence-electron chi connectivity index (χ1n) is 6.05. The van der Waals surface area contributed by atoms with Crippen LogP contribution in [0.5, 0.6) is 5.75 Å². The lowest BCUT2D eigenvalue weighted by atomic mass is 10.2. The molecule has 2 aromatic rings. The van der Waals surface area contributed by atoms with Gasteiger partial charge in [0, 0.05) is 5.69 Å². The maximum atomic E-state index is 12.2. The number of anilines is 1. The van der Waals surface area contributed by atoms with Gasteiger partial charge in [0.15, 0.2) is 6.61 Å². The molecule has 1 heterocycles. The Morgan fingerprint density at radius 1 is 1.13 bits per heavy atom. The van der Waals surface area contributed by atoms with Gasteiger partial charge in [-0.15, -0.1) is 0 Å². The molecular formula is C14H7Cl4N3O2. The van der Waals surface area contributed by atoms with Crippen LogP contribution in [0.25, 0.3) is 0 Å². The van der Waals surface area contributed by atoms with Crippen molar-refractivity contribution in [1.29, 1.82) is 5.26 Å². The number of nitrogens with zero attached hydrogens (tertiary/aromatic N) is 2. The molecule has 5 nitrogen and oxygen atoms in total. The van der Waals surface area contributed by atoms with Gasteiger partial charge in [-0.1, -0.05) is 46.4 Å². The van der Waals surface area contributed by atoms with E-state index in [9.17, 15) is 4.79 Å². The summed E-state index contributed by atoms with van der Waals surface area (Å²) in [6.45, 7) is -0.0625. The Labute approximate surface area is 151 Å². The van der Waals surface area contributed by atoms with Gasteiger partial charge in [-0.3, -0.25) is 4.79 Å². The zero-order valence-electron chi connectivity index (χ0n) is 11.2. The van der Waals surface area contributed by atoms with Gasteiger partial charge < -0.3 is 10.1 Å². The highest BCUT2D eigenvalue weighted by Gasteiger charge is 2.20. The molecule has 0 bridgehead atoms. The molecule has 2 rings (SSSR count). The predicted molar refractivity (Wildman–Crippen MR) is 89.8 cm³/mol. The number of pyridine rings is 1. The van der Waals surface area contributed by atoms with Crippen molar-refractivity contribution in [2.75, 3.05) is 11.9 Å². The number of carbonyl (C=O) groups is 1. The molecule has 0 spiro atoms. The van der Waals surface area contributed by atoms with E-state index in [0.717, 1.165) is 0 Å². The summed E-state index contributed by atoms with van der Waals surface area (Å²) in [4.78, 5) is 16.0. The Hall–Kier alpha value is -1.71. The van der Waals surface area contributed by atoms with Crippen molar-refractivity contribution >= 4 is 58.0 Å². The van der Waals surface area contributed by atoms with Gasteiger partial charge in [0.25, 0.3) is 5.91 Å². The van der Waals surface area contributed by atoms with E-state index in [-0.39, 0.29) is 32.5 Å². The molecule has 1 amide bonds. The molecule has 0 aliphatic heterocycles. The fourth-order valence-electron chi connectivity index (χ4n) is 1.58. The second-order valence-electron chi connectivity index (χ2n) is 4.12. The summed E-state index contributed by atoms with van der Waals surface area (Å²) in [5.41, 5.74) is 0.329. The van der Waals surface area contributed by atoms with Crippen LogP contribution in [0.15, 0.2) is 24.3 Å². The molecule has 0 radical (unpaired) electrons. The quantitative estimate of drug-likeness (QED) is 0.757. The van der Waals surface area contributed by atoms with Crippen LogP contribution in [0, 0.1) is 11.3 Å². The Morgan fingerprint density at radius 3 is 2.39 bits per heavy atom.